The van der Waals surface area contributed by atoms with Crippen molar-refractivity contribution >= 4 is 75.8 Å². The van der Waals surface area contributed by atoms with Crippen molar-refractivity contribution in [3.05, 3.63) is 0 Å². The van der Waals surface area contributed by atoms with Gasteiger partial charge in [-0.2, -0.15) is 75.8 Å². The average Bonchev–Trinajstić information content (AvgIpc) is 2.53. The van der Waals surface area contributed by atoms with Crippen LogP contribution in [-0.2, 0) is 0 Å². The van der Waals surface area contributed by atoms with E-state index in [-0.39, 0.29) is 5.41 Å². The summed E-state index contributed by atoms with van der Waals surface area (Å²) in [5, 5.41) is 0.413. The zero-order valence-corrected chi connectivity index (χ0v) is 18.9. The van der Waals surface area contributed by atoms with Crippen LogP contribution < -0.4 is 0 Å². The fourth-order valence-electron chi connectivity index (χ4n) is 3.54. The molecule has 0 saturated heterocycles. The predicted octanol–water partition coefficient (Wildman–Crippen LogP) is 5.66. The Hall–Kier alpha value is 2.10. The summed E-state index contributed by atoms with van der Waals surface area (Å²) in [6.07, 6.45) is 9.31. The highest BCUT2D eigenvalue weighted by Crippen LogP contribution is 2.48. The van der Waals surface area contributed by atoms with Crippen molar-refractivity contribution in [1.29, 1.82) is 0 Å². The molecule has 0 saturated carbocycles. The summed E-state index contributed by atoms with van der Waals surface area (Å²) in [7, 11) is 0. The van der Waals surface area contributed by atoms with E-state index < -0.39 is 0 Å². The van der Waals surface area contributed by atoms with Crippen molar-refractivity contribution in [3.63, 3.8) is 0 Å². The SMILES string of the molecule is SCCCC(S)C(CCS)(CCCS)C(CCS)CCCS. The largest absolute Gasteiger partial charge is 0.179 e. The maximum atomic E-state index is 5.07. The summed E-state index contributed by atoms with van der Waals surface area (Å²) in [6.45, 7) is 0. The lowest BCUT2D eigenvalue weighted by Gasteiger charge is -2.46. The molecule has 0 aliphatic carbocycles. The molecule has 0 N–H and O–H groups in total. The highest BCUT2D eigenvalue weighted by atomic mass is 32.1. The molecule has 0 aromatic carbocycles. The van der Waals surface area contributed by atoms with Gasteiger partial charge in [0.1, 0.15) is 0 Å². The fraction of sp³-hybridized carbons (Fsp3) is 1.00. The number of thiol groups is 6. The van der Waals surface area contributed by atoms with E-state index in [1.165, 1.54) is 19.3 Å². The van der Waals surface area contributed by atoms with E-state index in [1.54, 1.807) is 0 Å². The molecule has 6 heteroatoms. The summed E-state index contributed by atoms with van der Waals surface area (Å²) < 4.78 is 0. The minimum atomic E-state index is 0.252. The molecule has 0 rings (SSSR count). The third-order valence-electron chi connectivity index (χ3n) is 4.68. The van der Waals surface area contributed by atoms with Crippen molar-refractivity contribution in [2.45, 2.75) is 56.6 Å². The third kappa shape index (κ3) is 8.46. The normalized spacial score (nSPS) is 17.2. The fourth-order valence-corrected chi connectivity index (χ4v) is 5.44. The maximum absolute atomic E-state index is 5.07. The minimum absolute atomic E-state index is 0.252. The van der Waals surface area contributed by atoms with Gasteiger partial charge in [0, 0.05) is 5.25 Å². The topological polar surface area (TPSA) is 0 Å². The molecule has 0 bridgehead atoms. The highest BCUT2D eigenvalue weighted by Gasteiger charge is 2.41. The van der Waals surface area contributed by atoms with Gasteiger partial charge in [0.15, 0.2) is 0 Å². The predicted molar refractivity (Wildman–Crippen MR) is 125 cm³/mol. The van der Waals surface area contributed by atoms with Gasteiger partial charge in [-0.1, -0.05) is 0 Å². The zero-order valence-electron chi connectivity index (χ0n) is 13.5. The van der Waals surface area contributed by atoms with Crippen LogP contribution in [0, 0.1) is 11.3 Å². The number of hydrogen-bond donors (Lipinski definition) is 6. The van der Waals surface area contributed by atoms with Gasteiger partial charge < -0.3 is 0 Å². The zero-order chi connectivity index (χ0) is 16.8. The lowest BCUT2D eigenvalue weighted by Crippen LogP contribution is -2.40. The van der Waals surface area contributed by atoms with E-state index >= 15 is 0 Å². The number of hydrogen-bond acceptors (Lipinski definition) is 6. The molecule has 0 aromatic rings. The van der Waals surface area contributed by atoms with Crippen LogP contribution in [0.25, 0.3) is 0 Å². The second kappa shape index (κ2) is 15.4. The van der Waals surface area contributed by atoms with Gasteiger partial charge in [0.25, 0.3) is 0 Å². The molecular formula is C16H34S6. The molecule has 0 aliphatic rings. The van der Waals surface area contributed by atoms with Gasteiger partial charge in [0.2, 0.25) is 0 Å². The molecule has 0 spiro atoms. The number of rotatable bonds is 15. The van der Waals surface area contributed by atoms with Crippen LogP contribution in [0.3, 0.4) is 0 Å². The Morgan fingerprint density at radius 3 is 1.68 bits per heavy atom. The first kappa shape index (κ1) is 24.1. The summed E-state index contributed by atoms with van der Waals surface area (Å²) >= 11 is 27.4. The first-order valence-electron chi connectivity index (χ1n) is 8.35. The van der Waals surface area contributed by atoms with E-state index in [4.69, 9.17) is 12.6 Å². The van der Waals surface area contributed by atoms with Gasteiger partial charge in [-0.05, 0) is 91.5 Å². The molecule has 3 unspecified atom stereocenters. The van der Waals surface area contributed by atoms with Gasteiger partial charge in [-0.25, -0.2) is 0 Å². The Kier molecular flexibility index (Phi) is 16.8. The smallest absolute Gasteiger partial charge is 0.00765 e. The quantitative estimate of drug-likeness (QED) is 0.182. The summed E-state index contributed by atoms with van der Waals surface area (Å²) in [5.41, 5.74) is 0.252. The van der Waals surface area contributed by atoms with Crippen molar-refractivity contribution in [3.8, 4) is 0 Å². The van der Waals surface area contributed by atoms with Crippen LogP contribution in [0.15, 0.2) is 0 Å². The van der Waals surface area contributed by atoms with Crippen LogP contribution in [0.1, 0.15) is 51.4 Å². The standard InChI is InChI=1S/C16H34S6/c17-9-1-4-14(6-12-20)16(8-13-21,7-3-11-19)15(22)5-2-10-18/h14-15,17-22H,1-13H2. The molecule has 22 heavy (non-hydrogen) atoms. The summed E-state index contributed by atoms with van der Waals surface area (Å²) in [4.78, 5) is 0. The van der Waals surface area contributed by atoms with Crippen LogP contribution in [0.2, 0.25) is 0 Å². The van der Waals surface area contributed by atoms with E-state index in [0.29, 0.717) is 11.2 Å². The van der Waals surface area contributed by atoms with E-state index in [1.807, 2.05) is 0 Å². The van der Waals surface area contributed by atoms with Crippen LogP contribution >= 0.6 is 75.8 Å². The monoisotopic (exact) mass is 418 g/mol. The molecule has 0 aromatic heterocycles. The molecule has 0 nitrogen and oxygen atoms in total. The van der Waals surface area contributed by atoms with Gasteiger partial charge in [-0.3, -0.25) is 0 Å². The summed E-state index contributed by atoms with van der Waals surface area (Å²) in [6, 6.07) is 0. The molecule has 3 atom stereocenters. The summed E-state index contributed by atoms with van der Waals surface area (Å²) in [5.74, 6) is 5.37. The second-order valence-electron chi connectivity index (χ2n) is 5.99. The molecule has 0 aliphatic heterocycles. The van der Waals surface area contributed by atoms with Crippen LogP contribution in [0.4, 0.5) is 0 Å². The van der Waals surface area contributed by atoms with E-state index in [0.717, 1.165) is 60.9 Å². The first-order chi connectivity index (χ1) is 10.6. The Morgan fingerprint density at radius 2 is 1.18 bits per heavy atom. The van der Waals surface area contributed by atoms with Gasteiger partial charge in [0.05, 0.1) is 0 Å². The maximum Gasteiger partial charge on any atom is 0.00765 e. The Labute approximate surface area is 171 Å². The minimum Gasteiger partial charge on any atom is -0.179 e. The molecular weight excluding hydrogens is 385 g/mol. The van der Waals surface area contributed by atoms with Gasteiger partial charge >= 0.3 is 0 Å². The van der Waals surface area contributed by atoms with Crippen LogP contribution in [-0.4, -0.2) is 34.0 Å². The molecule has 0 heterocycles. The van der Waals surface area contributed by atoms with E-state index in [2.05, 4.69) is 63.1 Å². The Morgan fingerprint density at radius 1 is 0.591 bits per heavy atom. The lowest BCUT2D eigenvalue weighted by atomic mass is 9.64. The Bertz CT molecular complexity index is 251. The lowest BCUT2D eigenvalue weighted by molar-refractivity contribution is 0.114. The van der Waals surface area contributed by atoms with E-state index in [9.17, 15) is 0 Å². The first-order valence-corrected chi connectivity index (χ1v) is 12.0. The van der Waals surface area contributed by atoms with Crippen molar-refractivity contribution in [1.82, 2.24) is 0 Å². The highest BCUT2D eigenvalue weighted by molar-refractivity contribution is 7.81. The van der Waals surface area contributed by atoms with Crippen molar-refractivity contribution < 1.29 is 0 Å². The average molecular weight is 419 g/mol. The van der Waals surface area contributed by atoms with Gasteiger partial charge in [-0.15, -0.1) is 0 Å². The van der Waals surface area contributed by atoms with Crippen molar-refractivity contribution in [2.75, 3.05) is 28.8 Å². The molecule has 0 amide bonds. The molecule has 0 fully saturated rings. The second-order valence-corrected chi connectivity index (χ2v) is 8.85. The van der Waals surface area contributed by atoms with Crippen LogP contribution in [0.5, 0.6) is 0 Å². The molecule has 134 valence electrons. The van der Waals surface area contributed by atoms with Crippen molar-refractivity contribution in [2.24, 2.45) is 11.3 Å². The molecule has 0 radical (unpaired) electrons. The Balaban J connectivity index is 5.31. The third-order valence-corrected chi connectivity index (χ3v) is 6.88.